The van der Waals surface area contributed by atoms with Gasteiger partial charge in [-0.15, -0.1) is 4.99 Å². The summed E-state index contributed by atoms with van der Waals surface area (Å²) in [6.07, 6.45) is 2.22. The van der Waals surface area contributed by atoms with E-state index in [-0.39, 0.29) is 38.2 Å². The van der Waals surface area contributed by atoms with E-state index in [2.05, 4.69) is 30.6 Å². The van der Waals surface area contributed by atoms with Crippen molar-refractivity contribution in [1.29, 1.82) is 0 Å². The van der Waals surface area contributed by atoms with Crippen molar-refractivity contribution in [3.63, 3.8) is 0 Å². The first-order chi connectivity index (χ1) is 34.4. The van der Waals surface area contributed by atoms with Crippen molar-refractivity contribution in [2.75, 3.05) is 39.3 Å². The van der Waals surface area contributed by atoms with Crippen LogP contribution in [0, 0.1) is 0 Å². The number of pyridine rings is 1. The van der Waals surface area contributed by atoms with Gasteiger partial charge in [0.1, 0.15) is 39.4 Å². The molecule has 0 saturated heterocycles. The van der Waals surface area contributed by atoms with E-state index in [9.17, 15) is 28.8 Å². The zero-order valence-corrected chi connectivity index (χ0v) is 48.3. The van der Waals surface area contributed by atoms with Crippen LogP contribution in [0.15, 0.2) is 33.3 Å². The van der Waals surface area contributed by atoms with Gasteiger partial charge in [-0.3, -0.25) is 25.5 Å². The highest BCUT2D eigenvalue weighted by Gasteiger charge is 2.36. The molecular weight excluding hydrogens is 971 g/mol. The fourth-order valence-electron chi connectivity index (χ4n) is 6.50. The van der Waals surface area contributed by atoms with Crippen LogP contribution in [0.4, 0.5) is 28.8 Å². The van der Waals surface area contributed by atoms with E-state index in [1.54, 1.807) is 122 Å². The number of amidine groups is 1. The van der Waals surface area contributed by atoms with Crippen molar-refractivity contribution in [2.45, 2.75) is 216 Å². The van der Waals surface area contributed by atoms with Gasteiger partial charge >= 0.3 is 36.6 Å². The first-order valence-corrected chi connectivity index (χ1v) is 25.9. The minimum atomic E-state index is -1.03. The summed E-state index contributed by atoms with van der Waals surface area (Å²) in [6.45, 7) is 32.5. The van der Waals surface area contributed by atoms with Crippen molar-refractivity contribution >= 4 is 54.3 Å². The van der Waals surface area contributed by atoms with Crippen molar-refractivity contribution < 1.29 is 61.9 Å². The first-order valence-electron chi connectivity index (χ1n) is 25.9. The van der Waals surface area contributed by atoms with E-state index >= 15 is 0 Å². The van der Waals surface area contributed by atoms with Gasteiger partial charge in [-0.05, 0) is 163 Å². The van der Waals surface area contributed by atoms with Gasteiger partial charge in [-0.2, -0.15) is 0 Å². The summed E-state index contributed by atoms with van der Waals surface area (Å²) in [5.74, 6) is 0.386. The maximum absolute atomic E-state index is 14.2. The number of rotatable bonds is 16. The molecule has 1 aromatic heterocycles. The quantitative estimate of drug-likeness (QED) is 0.0676. The molecule has 0 unspecified atom stereocenters. The second-order valence-corrected chi connectivity index (χ2v) is 23.9. The fourth-order valence-corrected chi connectivity index (χ4v) is 6.50. The summed E-state index contributed by atoms with van der Waals surface area (Å²) in [5.41, 5.74) is -4.47. The standard InChI is InChI=1S/C53H89N9O13/c1-48(2,3)70-42(63)57-40(58-43(64)71-49(4,5)6)55-30-23-21-19-20-22-24-32-61(46(67)74-52(13,14)15)41(59-44(65)72-50(7,8)9)62(47(68)75-53(16,17)18)33-25-26-35-69-38-29-28-37(36-56-38)39-54-31-27-34-60(39)45(66)73-51(10,11)12/h28-29,36H,19-27,30-35H2,1-18H3,(H2,55,57,58,63,64). The number of carbonyl (C=O) groups excluding carboxylic acids is 6. The monoisotopic (exact) mass is 1060 g/mol. The zero-order valence-electron chi connectivity index (χ0n) is 48.3. The molecule has 0 saturated carbocycles. The van der Waals surface area contributed by atoms with Gasteiger partial charge < -0.3 is 33.2 Å². The predicted molar refractivity (Wildman–Crippen MR) is 286 cm³/mol. The van der Waals surface area contributed by atoms with Crippen LogP contribution in [0.25, 0.3) is 0 Å². The molecule has 2 heterocycles. The van der Waals surface area contributed by atoms with E-state index < -0.39 is 70.2 Å². The number of nitrogens with one attached hydrogen (secondary N) is 2. The Bertz CT molecular complexity index is 2100. The average molecular weight is 1060 g/mol. The van der Waals surface area contributed by atoms with Crippen molar-refractivity contribution in [3.8, 4) is 5.88 Å². The van der Waals surface area contributed by atoms with E-state index in [0.29, 0.717) is 68.9 Å². The number of nitrogens with zero attached hydrogens (tertiary/aromatic N) is 7. The molecule has 0 bridgehead atoms. The maximum Gasteiger partial charge on any atom is 0.437 e. The van der Waals surface area contributed by atoms with Crippen molar-refractivity contribution in [2.24, 2.45) is 15.0 Å². The van der Waals surface area contributed by atoms with Gasteiger partial charge in [-0.1, -0.05) is 25.7 Å². The minimum absolute atomic E-state index is 0.0168. The summed E-state index contributed by atoms with van der Waals surface area (Å²) in [6, 6.07) is 3.46. The third-order valence-corrected chi connectivity index (χ3v) is 9.29. The van der Waals surface area contributed by atoms with Crippen LogP contribution in [0.2, 0.25) is 0 Å². The average Bonchev–Trinajstić information content (AvgIpc) is 3.21. The number of ether oxygens (including phenoxy) is 7. The number of unbranched alkanes of at least 4 members (excludes halogenated alkanes) is 6. The molecule has 6 amide bonds. The lowest BCUT2D eigenvalue weighted by atomic mass is 10.1. The predicted octanol–water partition coefficient (Wildman–Crippen LogP) is 11.1. The molecule has 1 aliphatic heterocycles. The van der Waals surface area contributed by atoms with Gasteiger partial charge in [0, 0.05) is 50.6 Å². The molecule has 22 heteroatoms. The molecule has 0 aliphatic carbocycles. The van der Waals surface area contributed by atoms with Gasteiger partial charge in [0.2, 0.25) is 17.8 Å². The molecule has 0 fully saturated rings. The summed E-state index contributed by atoms with van der Waals surface area (Å²) >= 11 is 0. The second kappa shape index (κ2) is 28.6. The number of amides is 6. The summed E-state index contributed by atoms with van der Waals surface area (Å²) in [7, 11) is 0. The molecule has 1 aliphatic rings. The molecule has 0 atom stereocenters. The summed E-state index contributed by atoms with van der Waals surface area (Å²) in [5, 5.41) is 4.96. The Kier molecular flexibility index (Phi) is 24.8. The number of carbonyl (C=O) groups is 6. The van der Waals surface area contributed by atoms with Crippen molar-refractivity contribution in [3.05, 3.63) is 23.9 Å². The normalized spacial score (nSPS) is 13.6. The lowest BCUT2D eigenvalue weighted by Crippen LogP contribution is -2.53. The summed E-state index contributed by atoms with van der Waals surface area (Å²) in [4.78, 5) is 101. The highest BCUT2D eigenvalue weighted by Crippen LogP contribution is 2.21. The molecule has 1 aromatic rings. The summed E-state index contributed by atoms with van der Waals surface area (Å²) < 4.78 is 39.5. The Labute approximate surface area is 445 Å². The SMILES string of the molecule is CC(C)(C)OC(=O)N=C(N(CCCCCCCCN=C(NC(=O)OC(C)(C)C)NC(=O)OC(C)(C)C)C(=O)OC(C)(C)C)N(CCCCOc1ccc(C2=NCCCN2C(=O)OC(C)(C)C)cn1)C(=O)OC(C)(C)C. The van der Waals surface area contributed by atoms with E-state index in [4.69, 9.17) is 33.2 Å². The Morgan fingerprint density at radius 2 is 1.05 bits per heavy atom. The lowest BCUT2D eigenvalue weighted by Gasteiger charge is -2.34. The topological polar surface area (TPSA) is 251 Å². The van der Waals surface area contributed by atoms with Crippen LogP contribution >= 0.6 is 0 Å². The second-order valence-electron chi connectivity index (χ2n) is 23.9. The number of guanidine groups is 2. The third kappa shape index (κ3) is 28.9. The molecule has 22 nitrogen and oxygen atoms in total. The molecule has 0 aromatic carbocycles. The molecule has 75 heavy (non-hydrogen) atoms. The minimum Gasteiger partial charge on any atom is -0.478 e. The number of alkyl carbamates (subject to hydrolysis) is 2. The Morgan fingerprint density at radius 3 is 1.52 bits per heavy atom. The fraction of sp³-hybridized carbons (Fsp3) is 0.736. The van der Waals surface area contributed by atoms with Gasteiger partial charge in [0.15, 0.2) is 0 Å². The highest BCUT2D eigenvalue weighted by atomic mass is 16.6. The number of hydrogen-bond acceptors (Lipinski definition) is 16. The van der Waals surface area contributed by atoms with Gasteiger partial charge in [0.05, 0.1) is 6.61 Å². The van der Waals surface area contributed by atoms with E-state index in [0.717, 1.165) is 24.2 Å². The Hall–Kier alpha value is -6.22. The van der Waals surface area contributed by atoms with Crippen LogP contribution in [0.3, 0.4) is 0 Å². The smallest absolute Gasteiger partial charge is 0.437 e. The van der Waals surface area contributed by atoms with Crippen LogP contribution in [0.5, 0.6) is 5.88 Å². The Morgan fingerprint density at radius 1 is 0.587 bits per heavy atom. The lowest BCUT2D eigenvalue weighted by molar-refractivity contribution is 0.0266. The number of hydrogen-bond donors (Lipinski definition) is 2. The van der Waals surface area contributed by atoms with Crippen LogP contribution in [-0.4, -0.2) is 147 Å². The molecular formula is C53H89N9O13. The number of aliphatic imine (C=N–C) groups is 3. The highest BCUT2D eigenvalue weighted by molar-refractivity contribution is 6.07. The first kappa shape index (κ1) is 64.9. The Balaban J connectivity index is 2.28. The largest absolute Gasteiger partial charge is 0.478 e. The van der Waals surface area contributed by atoms with Crippen LogP contribution < -0.4 is 15.4 Å². The molecule has 0 spiro atoms. The van der Waals surface area contributed by atoms with Gasteiger partial charge in [-0.25, -0.2) is 43.6 Å². The third-order valence-electron chi connectivity index (χ3n) is 9.29. The van der Waals surface area contributed by atoms with Crippen LogP contribution in [-0.2, 0) is 28.4 Å². The van der Waals surface area contributed by atoms with Gasteiger partial charge in [0.25, 0.3) is 0 Å². The molecule has 2 rings (SSSR count). The molecule has 2 N–H and O–H groups in total. The molecule has 0 radical (unpaired) electrons. The van der Waals surface area contributed by atoms with Crippen LogP contribution in [0.1, 0.15) is 188 Å². The maximum atomic E-state index is 14.2. The zero-order chi connectivity index (χ0) is 57.0. The van der Waals surface area contributed by atoms with Crippen molar-refractivity contribution in [1.82, 2.24) is 30.3 Å². The molecule has 424 valence electrons. The van der Waals surface area contributed by atoms with E-state index in [1.807, 2.05) is 20.8 Å². The van der Waals surface area contributed by atoms with E-state index in [1.165, 1.54) is 9.80 Å². The number of aromatic nitrogens is 1.